The monoisotopic (exact) mass is 317 g/mol. The molecule has 0 unspecified atom stereocenters. The van der Waals surface area contributed by atoms with Crippen LogP contribution in [0, 0.1) is 0 Å². The van der Waals surface area contributed by atoms with Crippen LogP contribution in [0.3, 0.4) is 0 Å². The molecule has 110 valence electrons. The Kier molecular flexibility index (Phi) is 4.52. The van der Waals surface area contributed by atoms with Gasteiger partial charge in [0.15, 0.2) is 0 Å². The highest BCUT2D eigenvalue weighted by atomic mass is 35.5. The van der Waals surface area contributed by atoms with Crippen LogP contribution in [0.5, 0.6) is 0 Å². The molecule has 1 heterocycles. The summed E-state index contributed by atoms with van der Waals surface area (Å²) in [5.74, 6) is 0. The summed E-state index contributed by atoms with van der Waals surface area (Å²) in [6.45, 7) is 1.47. The number of sulfonamides is 1. The number of carbonyl (C=O) groups excluding carboxylic acids is 1. The van der Waals surface area contributed by atoms with Crippen molar-refractivity contribution >= 4 is 27.7 Å². The number of nitrogens with one attached hydrogen (secondary N) is 1. The van der Waals surface area contributed by atoms with Gasteiger partial charge in [-0.3, -0.25) is 5.43 Å². The van der Waals surface area contributed by atoms with Crippen LogP contribution in [0.25, 0.3) is 0 Å². The molecule has 1 aromatic carbocycles. The number of benzene rings is 1. The van der Waals surface area contributed by atoms with E-state index in [2.05, 4.69) is 5.43 Å². The van der Waals surface area contributed by atoms with E-state index in [0.29, 0.717) is 9.33 Å². The topological polar surface area (TPSA) is 69.7 Å². The molecule has 20 heavy (non-hydrogen) atoms. The maximum Gasteiger partial charge on any atom is 0.345 e. The molecule has 0 aromatic heterocycles. The number of halogens is 1. The zero-order valence-electron chi connectivity index (χ0n) is 11.0. The van der Waals surface area contributed by atoms with Gasteiger partial charge in [-0.15, -0.1) is 0 Å². The molecule has 1 fully saturated rings. The Morgan fingerprint density at radius 2 is 1.80 bits per heavy atom. The largest absolute Gasteiger partial charge is 0.345 e. The number of amides is 2. The molecule has 1 saturated heterocycles. The highest BCUT2D eigenvalue weighted by Gasteiger charge is 2.27. The Morgan fingerprint density at radius 1 is 1.25 bits per heavy atom. The maximum absolute atomic E-state index is 12.3. The first-order valence-electron chi connectivity index (χ1n) is 6.21. The van der Waals surface area contributed by atoms with Gasteiger partial charge in [0, 0.05) is 25.2 Å². The van der Waals surface area contributed by atoms with Gasteiger partial charge in [0.25, 0.3) is 10.0 Å². The van der Waals surface area contributed by atoms with Crippen molar-refractivity contribution in [3.05, 3.63) is 29.3 Å². The molecule has 2 amide bonds. The fourth-order valence-corrected chi connectivity index (χ4v) is 3.09. The van der Waals surface area contributed by atoms with Crippen molar-refractivity contribution in [2.45, 2.75) is 17.7 Å². The van der Waals surface area contributed by atoms with Gasteiger partial charge in [-0.25, -0.2) is 22.5 Å². The van der Waals surface area contributed by atoms with Gasteiger partial charge in [-0.1, -0.05) is 11.6 Å². The summed E-state index contributed by atoms with van der Waals surface area (Å²) in [7, 11) is -2.63. The van der Waals surface area contributed by atoms with E-state index >= 15 is 0 Å². The quantitative estimate of drug-likeness (QED) is 0.921. The molecule has 0 aliphatic carbocycles. The second-order valence-electron chi connectivity index (χ2n) is 4.54. The first-order valence-corrected chi connectivity index (χ1v) is 8.03. The summed E-state index contributed by atoms with van der Waals surface area (Å²) in [5.41, 5.74) is 2.58. The predicted octanol–water partition coefficient (Wildman–Crippen LogP) is 1.68. The van der Waals surface area contributed by atoms with Crippen LogP contribution in [0.2, 0.25) is 5.02 Å². The standard InChI is InChI=1S/C12H16ClN3O3S/c1-15(12(17)14-16-8-2-3-9-16)20(18,19)11-6-4-10(13)5-7-11/h4-7H,2-3,8-9H2,1H3,(H,14,17). The van der Waals surface area contributed by atoms with Crippen LogP contribution < -0.4 is 5.43 Å². The molecule has 0 atom stereocenters. The molecular formula is C12H16ClN3O3S. The van der Waals surface area contributed by atoms with Gasteiger partial charge in [0.1, 0.15) is 0 Å². The van der Waals surface area contributed by atoms with E-state index in [1.54, 1.807) is 5.01 Å². The lowest BCUT2D eigenvalue weighted by Gasteiger charge is -2.22. The van der Waals surface area contributed by atoms with Crippen LogP contribution in [0.4, 0.5) is 4.79 Å². The zero-order valence-corrected chi connectivity index (χ0v) is 12.6. The van der Waals surface area contributed by atoms with Crippen molar-refractivity contribution < 1.29 is 13.2 Å². The second-order valence-corrected chi connectivity index (χ2v) is 6.94. The lowest BCUT2D eigenvalue weighted by molar-refractivity contribution is 0.185. The molecular weight excluding hydrogens is 302 g/mol. The van der Waals surface area contributed by atoms with Crippen LogP contribution in [-0.2, 0) is 10.0 Å². The summed E-state index contributed by atoms with van der Waals surface area (Å²) in [4.78, 5) is 12.0. The van der Waals surface area contributed by atoms with Crippen molar-refractivity contribution in [3.8, 4) is 0 Å². The highest BCUT2D eigenvalue weighted by molar-refractivity contribution is 7.89. The Labute approximate surface area is 123 Å². The van der Waals surface area contributed by atoms with E-state index in [-0.39, 0.29) is 4.90 Å². The second kappa shape index (κ2) is 5.99. The minimum absolute atomic E-state index is 0.0287. The van der Waals surface area contributed by atoms with Gasteiger partial charge in [-0.2, -0.15) is 0 Å². The fraction of sp³-hybridized carbons (Fsp3) is 0.417. The van der Waals surface area contributed by atoms with E-state index < -0.39 is 16.1 Å². The highest BCUT2D eigenvalue weighted by Crippen LogP contribution is 2.17. The Hall–Kier alpha value is -1.31. The normalized spacial score (nSPS) is 16.1. The van der Waals surface area contributed by atoms with Gasteiger partial charge < -0.3 is 0 Å². The lowest BCUT2D eigenvalue weighted by atomic mass is 10.4. The average Bonchev–Trinajstić information content (AvgIpc) is 2.91. The van der Waals surface area contributed by atoms with Crippen LogP contribution in [-0.4, -0.2) is 43.9 Å². The first-order chi connectivity index (χ1) is 9.41. The lowest BCUT2D eigenvalue weighted by Crippen LogP contribution is -2.48. The molecule has 0 bridgehead atoms. The molecule has 0 radical (unpaired) electrons. The molecule has 0 spiro atoms. The van der Waals surface area contributed by atoms with Gasteiger partial charge in [0.05, 0.1) is 4.90 Å². The molecule has 6 nitrogen and oxygen atoms in total. The first kappa shape index (κ1) is 15.1. The van der Waals surface area contributed by atoms with Gasteiger partial charge in [0.2, 0.25) is 0 Å². The number of nitrogens with zero attached hydrogens (tertiary/aromatic N) is 2. The smallest absolute Gasteiger partial charge is 0.270 e. The summed E-state index contributed by atoms with van der Waals surface area (Å²) < 4.78 is 25.2. The van der Waals surface area contributed by atoms with E-state index in [0.717, 1.165) is 25.9 Å². The SMILES string of the molecule is CN(C(=O)NN1CCCC1)S(=O)(=O)c1ccc(Cl)cc1. The molecule has 1 aromatic rings. The number of hydrogen-bond acceptors (Lipinski definition) is 4. The van der Waals surface area contributed by atoms with Crippen molar-refractivity contribution in [3.63, 3.8) is 0 Å². The van der Waals surface area contributed by atoms with Crippen molar-refractivity contribution in [2.24, 2.45) is 0 Å². The minimum atomic E-state index is -3.86. The Bertz CT molecular complexity index is 582. The van der Waals surface area contributed by atoms with E-state index in [4.69, 9.17) is 11.6 Å². The number of hydrazine groups is 1. The third kappa shape index (κ3) is 3.23. The summed E-state index contributed by atoms with van der Waals surface area (Å²) in [6, 6.07) is 5.03. The molecule has 2 rings (SSSR count). The van der Waals surface area contributed by atoms with E-state index in [9.17, 15) is 13.2 Å². The summed E-state index contributed by atoms with van der Waals surface area (Å²) in [5, 5.41) is 2.16. The predicted molar refractivity (Wildman–Crippen MR) is 75.7 cm³/mol. The molecule has 8 heteroatoms. The van der Waals surface area contributed by atoms with Gasteiger partial charge in [-0.05, 0) is 37.1 Å². The molecule has 1 aliphatic rings. The van der Waals surface area contributed by atoms with E-state index in [1.807, 2.05) is 0 Å². The third-order valence-electron chi connectivity index (χ3n) is 3.12. The number of carbonyl (C=O) groups is 1. The minimum Gasteiger partial charge on any atom is -0.270 e. The van der Waals surface area contributed by atoms with Crippen molar-refractivity contribution in [1.82, 2.24) is 14.7 Å². The number of urea groups is 1. The number of hydrogen-bond donors (Lipinski definition) is 1. The van der Waals surface area contributed by atoms with Crippen molar-refractivity contribution in [2.75, 3.05) is 20.1 Å². The fourth-order valence-electron chi connectivity index (χ4n) is 1.91. The van der Waals surface area contributed by atoms with Crippen LogP contribution >= 0.6 is 11.6 Å². The van der Waals surface area contributed by atoms with E-state index in [1.165, 1.54) is 31.3 Å². The zero-order chi connectivity index (χ0) is 14.8. The van der Waals surface area contributed by atoms with Crippen LogP contribution in [0.15, 0.2) is 29.2 Å². The van der Waals surface area contributed by atoms with Gasteiger partial charge >= 0.3 is 6.03 Å². The molecule has 0 saturated carbocycles. The molecule has 1 aliphatic heterocycles. The molecule has 1 N–H and O–H groups in total. The van der Waals surface area contributed by atoms with Crippen LogP contribution in [0.1, 0.15) is 12.8 Å². The summed E-state index contributed by atoms with van der Waals surface area (Å²) >= 11 is 5.72. The maximum atomic E-state index is 12.3. The number of rotatable bonds is 3. The average molecular weight is 318 g/mol. The van der Waals surface area contributed by atoms with Crippen molar-refractivity contribution in [1.29, 1.82) is 0 Å². The third-order valence-corrected chi connectivity index (χ3v) is 5.12. The Balaban J connectivity index is 2.11. The summed E-state index contributed by atoms with van der Waals surface area (Å²) in [6.07, 6.45) is 1.99. The Morgan fingerprint density at radius 3 is 2.35 bits per heavy atom.